The molecule has 2 aliphatic rings. The Hall–Kier alpha value is -1.32. The molecule has 0 radical (unpaired) electrons. The van der Waals surface area contributed by atoms with Crippen molar-refractivity contribution >= 4 is 15.2 Å². The van der Waals surface area contributed by atoms with E-state index in [4.69, 9.17) is 0 Å². The van der Waals surface area contributed by atoms with Crippen molar-refractivity contribution in [2.45, 2.75) is 134 Å². The van der Waals surface area contributed by atoms with Gasteiger partial charge in [-0.3, -0.25) is 5.20 Å². The number of hydrogen-bond donors (Lipinski definition) is 0. The summed E-state index contributed by atoms with van der Waals surface area (Å²) in [5, 5.41) is 1.70. The molecule has 2 aromatic rings. The van der Waals surface area contributed by atoms with Crippen molar-refractivity contribution < 1.29 is 20.9 Å². The molecule has 2 atom stereocenters. The van der Waals surface area contributed by atoms with E-state index in [0.29, 0.717) is 11.8 Å². The second-order valence-electron chi connectivity index (χ2n) is 14.7. The Bertz CT molecular complexity index is 1170. The fraction of sp³-hybridized carbons (Fsp3) is 0.575. The number of hydrogen-bond acceptors (Lipinski definition) is 1. The maximum atomic E-state index is 4.55. The average molecular weight is 767 g/mol. The molecule has 2 unspecified atom stereocenters. The molecule has 0 saturated heterocycles. The normalized spacial score (nSPS) is 22.4. The van der Waals surface area contributed by atoms with E-state index in [2.05, 4.69) is 131 Å². The molecule has 0 aliphatic heterocycles. The maximum absolute atomic E-state index is 4.55. The average Bonchev–Trinajstić information content (AvgIpc) is 3.09. The van der Waals surface area contributed by atoms with Crippen molar-refractivity contribution in [1.82, 2.24) is 0 Å². The van der Waals surface area contributed by atoms with Crippen LogP contribution >= 0.6 is 0 Å². The second-order valence-corrected chi connectivity index (χ2v) is 17.5. The van der Waals surface area contributed by atoms with Crippen molar-refractivity contribution in [1.29, 1.82) is 0 Å². The van der Waals surface area contributed by atoms with E-state index in [1.54, 1.807) is 5.20 Å². The molecule has 0 aromatic heterocycles. The Labute approximate surface area is 281 Å². The summed E-state index contributed by atoms with van der Waals surface area (Å²) >= 11 is 0.890. The Kier molecular flexibility index (Phi) is 14.8. The van der Waals surface area contributed by atoms with Crippen LogP contribution in [0.4, 0.5) is 5.69 Å². The first-order valence-corrected chi connectivity index (χ1v) is 19.9. The molecule has 4 rings (SSSR count). The topological polar surface area (TPSA) is 12.4 Å². The quantitative estimate of drug-likeness (QED) is 0.212. The van der Waals surface area contributed by atoms with Gasteiger partial charge in [-0.05, 0) is 43.1 Å². The van der Waals surface area contributed by atoms with Crippen LogP contribution in [0.2, 0.25) is 5.54 Å². The fourth-order valence-corrected chi connectivity index (χ4v) is 10.9. The van der Waals surface area contributed by atoms with Crippen LogP contribution in [0.5, 0.6) is 0 Å². The van der Waals surface area contributed by atoms with E-state index >= 15 is 0 Å². The molecule has 0 amide bonds. The van der Waals surface area contributed by atoms with E-state index in [0.717, 1.165) is 50.6 Å². The number of benzene rings is 1. The molecule has 43 heavy (non-hydrogen) atoms. The summed E-state index contributed by atoms with van der Waals surface area (Å²) in [6.45, 7) is 36.2. The number of allylic oxidation sites excluding steroid dienone is 4. The van der Waals surface area contributed by atoms with Gasteiger partial charge in [-0.2, -0.15) is 27.8 Å². The SMILES string of the molecule is CC(C)c1cccc(C(C)C)c1[N]=[TaH].Cc1c(C)c(C)[c-](C)c1C.[CH2-][C-]1CC(C)=CC(C)=C1[SiH2]C1C(C)CC(C)CC1C. The summed E-state index contributed by atoms with van der Waals surface area (Å²) in [4.78, 5) is 0. The van der Waals surface area contributed by atoms with E-state index in [-0.39, 0.29) is 9.52 Å². The van der Waals surface area contributed by atoms with Gasteiger partial charge in [0, 0.05) is 9.52 Å². The molecular weight excluding hydrogens is 703 g/mol. The maximum Gasteiger partial charge on any atom is 0.0179 e. The fourth-order valence-electron chi connectivity index (χ4n) is 7.50. The van der Waals surface area contributed by atoms with Crippen LogP contribution in [0.25, 0.3) is 0 Å². The van der Waals surface area contributed by atoms with Crippen LogP contribution in [0, 0.1) is 65.2 Å². The molecule has 0 N–H and O–H groups in total. The third-order valence-corrected chi connectivity index (χ3v) is 14.9. The first-order valence-electron chi connectivity index (χ1n) is 16.8. The van der Waals surface area contributed by atoms with E-state index in [1.807, 2.05) is 0 Å². The molecule has 0 spiro atoms. The van der Waals surface area contributed by atoms with Gasteiger partial charge < -0.3 is 12.8 Å². The standard InChI is InChI=1S/C18H30Si.C12H17N.C10H15.Ta.H/c1-11-7-13(3)17(14(4)8-11)19-18-15(5)9-12(2)10-16(18)6;1-8(2)10-6-5-7-11(9(3)4)12(10)13;1-6-7(2)9(4)10(5)8(6)3;;/h8,12,15-16,18H,3,7,9-10,19H2,1-2,4-6H3;5-9H,1-4H3;1-5H3;;/q-2;;-1;;. The van der Waals surface area contributed by atoms with E-state index < -0.39 is 0 Å². The minimum atomic E-state index is -0.180. The van der Waals surface area contributed by atoms with Gasteiger partial charge in [0.2, 0.25) is 0 Å². The van der Waals surface area contributed by atoms with Crippen molar-refractivity contribution in [3.63, 3.8) is 0 Å². The van der Waals surface area contributed by atoms with Crippen molar-refractivity contribution in [3.8, 4) is 0 Å². The monoisotopic (exact) mass is 766 g/mol. The third-order valence-electron chi connectivity index (χ3n) is 10.6. The van der Waals surface area contributed by atoms with Gasteiger partial charge in [-0.15, -0.1) is 25.0 Å². The summed E-state index contributed by atoms with van der Waals surface area (Å²) in [5.41, 5.74) is 15.4. The van der Waals surface area contributed by atoms with Crippen molar-refractivity contribution in [3.05, 3.63) is 92.4 Å². The Balaban J connectivity index is 0.000000237. The van der Waals surface area contributed by atoms with Gasteiger partial charge in [-0.25, -0.2) is 5.57 Å². The number of nitrogens with zero attached hydrogens (tertiary/aromatic N) is 1. The van der Waals surface area contributed by atoms with Crippen molar-refractivity contribution in [2.24, 2.45) is 21.1 Å². The summed E-state index contributed by atoms with van der Waals surface area (Å²) in [6, 6.07) is 6.56. The van der Waals surface area contributed by atoms with Crippen LogP contribution in [0.15, 0.2) is 44.0 Å². The van der Waals surface area contributed by atoms with Crippen LogP contribution in [-0.2, 0) is 20.9 Å². The van der Waals surface area contributed by atoms with Crippen LogP contribution in [-0.4, -0.2) is 9.52 Å². The molecular formula is C40H63NSiTa-3. The smallest absolute Gasteiger partial charge is 0.0179 e. The minimum Gasteiger partial charge on any atom is -0.409 e. The number of para-hydroxylation sites is 1. The van der Waals surface area contributed by atoms with E-state index in [1.165, 1.54) is 74.5 Å². The third kappa shape index (κ3) is 9.83. The van der Waals surface area contributed by atoms with Gasteiger partial charge in [0.15, 0.2) is 0 Å². The van der Waals surface area contributed by atoms with Gasteiger partial charge in [-0.1, -0.05) is 55.4 Å². The Morgan fingerprint density at radius 1 is 0.860 bits per heavy atom. The first kappa shape index (κ1) is 37.9. The molecule has 240 valence electrons. The molecule has 3 heteroatoms. The zero-order valence-corrected chi connectivity index (χ0v) is 35.3. The Morgan fingerprint density at radius 3 is 1.67 bits per heavy atom. The van der Waals surface area contributed by atoms with Gasteiger partial charge in [0.1, 0.15) is 0 Å². The molecule has 1 saturated carbocycles. The van der Waals surface area contributed by atoms with Crippen LogP contribution < -0.4 is 0 Å². The molecule has 0 bridgehead atoms. The summed E-state index contributed by atoms with van der Waals surface area (Å²) < 4.78 is 4.55. The van der Waals surface area contributed by atoms with Gasteiger partial charge in [0.25, 0.3) is 0 Å². The zero-order chi connectivity index (χ0) is 32.8. The second kappa shape index (κ2) is 16.8. The minimum absolute atomic E-state index is 0.180. The summed E-state index contributed by atoms with van der Waals surface area (Å²) in [7, 11) is -0.180. The summed E-state index contributed by atoms with van der Waals surface area (Å²) in [5.74, 6) is 5.35. The molecule has 0 heterocycles. The van der Waals surface area contributed by atoms with Crippen molar-refractivity contribution in [2.75, 3.05) is 0 Å². The number of rotatable bonds is 5. The predicted octanol–water partition coefficient (Wildman–Crippen LogP) is 11.7. The van der Waals surface area contributed by atoms with Gasteiger partial charge >= 0.3 is 98.8 Å². The van der Waals surface area contributed by atoms with E-state index in [9.17, 15) is 0 Å². The Morgan fingerprint density at radius 2 is 1.33 bits per heavy atom. The molecule has 2 aromatic carbocycles. The zero-order valence-electron chi connectivity index (χ0n) is 30.3. The van der Waals surface area contributed by atoms with Crippen LogP contribution in [0.3, 0.4) is 0 Å². The molecule has 1 fully saturated rings. The summed E-state index contributed by atoms with van der Waals surface area (Å²) in [6.07, 6.45) is 6.40. The molecule has 2 aliphatic carbocycles. The molecule has 1 nitrogen and oxygen atoms in total. The predicted molar refractivity (Wildman–Crippen MR) is 193 cm³/mol. The first-order chi connectivity index (χ1) is 20.0. The van der Waals surface area contributed by atoms with Gasteiger partial charge in [0.05, 0.1) is 0 Å². The largest absolute Gasteiger partial charge is 0.409 e. The van der Waals surface area contributed by atoms with Crippen LogP contribution in [0.1, 0.15) is 132 Å².